The highest BCUT2D eigenvalue weighted by Crippen LogP contribution is 2.28. The van der Waals surface area contributed by atoms with E-state index in [-0.39, 0.29) is 13.3 Å². The van der Waals surface area contributed by atoms with Gasteiger partial charge in [-0.15, -0.1) is 0 Å². The van der Waals surface area contributed by atoms with Gasteiger partial charge in [0.2, 0.25) is 0 Å². The lowest BCUT2D eigenvalue weighted by Crippen LogP contribution is -2.22. The summed E-state index contributed by atoms with van der Waals surface area (Å²) in [5.41, 5.74) is 8.10. The molecule has 0 aromatic carbocycles. The summed E-state index contributed by atoms with van der Waals surface area (Å²) in [6.07, 6.45) is 3.19. The van der Waals surface area contributed by atoms with Crippen LogP contribution in [0.25, 0.3) is 10.4 Å². The molecular weight excluding hydrogens is 182 g/mol. The first-order valence-corrected chi connectivity index (χ1v) is 4.47. The number of azide groups is 1. The fraction of sp³-hybridized carbons (Fsp3) is 0.889. The number of hydrogen-bond donors (Lipinski definition) is 1. The molecule has 0 spiro atoms. The minimum Gasteiger partial charge on any atom is -0.481 e. The number of carboxylic acid groups (broad SMARTS) is 1. The first-order chi connectivity index (χ1) is 6.24. The third-order valence-electron chi connectivity index (χ3n) is 2.60. The van der Waals surface area contributed by atoms with E-state index in [0.29, 0.717) is 12.5 Å². The Bertz CT molecular complexity index is 228. The largest absolute Gasteiger partial charge is 0.481 e. The minimum atomic E-state index is -0.692. The Morgan fingerprint density at radius 3 is 2.43 bits per heavy atom. The zero-order chi connectivity index (χ0) is 9.68. The van der Waals surface area contributed by atoms with E-state index in [2.05, 4.69) is 10.0 Å². The molecule has 0 aromatic heterocycles. The maximum atomic E-state index is 10.6. The van der Waals surface area contributed by atoms with Gasteiger partial charge in [0.1, 0.15) is 0 Å². The number of nitrogens with zero attached hydrogens (tertiary/aromatic N) is 3. The minimum absolute atomic E-state index is 0. The summed E-state index contributed by atoms with van der Waals surface area (Å²) >= 11 is 0. The molecule has 0 atom stereocenters. The van der Waals surface area contributed by atoms with Crippen LogP contribution in [0.3, 0.4) is 0 Å². The number of aliphatic carboxylic acids is 1. The molecule has 0 radical (unpaired) electrons. The van der Waals surface area contributed by atoms with Crippen molar-refractivity contribution in [3.8, 4) is 0 Å². The third kappa shape index (κ3) is 3.66. The molecule has 0 saturated heterocycles. The van der Waals surface area contributed by atoms with Gasteiger partial charge < -0.3 is 5.11 Å². The van der Waals surface area contributed by atoms with E-state index >= 15 is 0 Å². The topological polar surface area (TPSA) is 86.1 Å². The molecule has 0 heterocycles. The quantitative estimate of drug-likeness (QED) is 0.430. The second-order valence-electron chi connectivity index (χ2n) is 3.47. The van der Waals surface area contributed by atoms with Crippen LogP contribution in [0.15, 0.2) is 5.11 Å². The second kappa shape index (κ2) is 6.27. The maximum absolute atomic E-state index is 10.6. The Morgan fingerprint density at radius 1 is 1.43 bits per heavy atom. The van der Waals surface area contributed by atoms with Gasteiger partial charge in [-0.25, -0.2) is 0 Å². The Morgan fingerprint density at radius 2 is 2.00 bits per heavy atom. The molecular formula is C9H17N3O2. The average molecular weight is 199 g/mol. The lowest BCUT2D eigenvalue weighted by molar-refractivity contribution is -0.143. The van der Waals surface area contributed by atoms with Crippen molar-refractivity contribution in [1.82, 2.24) is 0 Å². The number of carbonyl (C=O) groups is 1. The van der Waals surface area contributed by atoms with Gasteiger partial charge in [-0.2, -0.15) is 0 Å². The summed E-state index contributed by atoms with van der Waals surface area (Å²) in [5, 5.41) is 12.2. The normalized spacial score (nSPS) is 25.7. The van der Waals surface area contributed by atoms with E-state index in [9.17, 15) is 4.79 Å². The molecule has 1 rings (SSSR count). The lowest BCUT2D eigenvalue weighted by Gasteiger charge is -2.24. The van der Waals surface area contributed by atoms with Gasteiger partial charge in [-0.05, 0) is 37.1 Å². The molecule has 0 unspecified atom stereocenters. The average Bonchev–Trinajstić information content (AvgIpc) is 2.15. The van der Waals surface area contributed by atoms with Crippen LogP contribution in [-0.2, 0) is 4.79 Å². The molecule has 0 bridgehead atoms. The van der Waals surface area contributed by atoms with Gasteiger partial charge in [-0.3, -0.25) is 4.79 Å². The molecule has 80 valence electrons. The van der Waals surface area contributed by atoms with Gasteiger partial charge in [-0.1, -0.05) is 12.5 Å². The predicted octanol–water partition coefficient (Wildman–Crippen LogP) is 2.82. The van der Waals surface area contributed by atoms with E-state index in [1.165, 1.54) is 0 Å². The van der Waals surface area contributed by atoms with Crippen molar-refractivity contribution >= 4 is 5.97 Å². The third-order valence-corrected chi connectivity index (χ3v) is 2.60. The van der Waals surface area contributed by atoms with Gasteiger partial charge in [0.05, 0.1) is 5.92 Å². The summed E-state index contributed by atoms with van der Waals surface area (Å²) < 4.78 is 0. The molecule has 0 aromatic rings. The van der Waals surface area contributed by atoms with Crippen molar-refractivity contribution in [2.45, 2.75) is 33.1 Å². The smallest absolute Gasteiger partial charge is 0.306 e. The first kappa shape index (κ1) is 12.8. The Hall–Kier alpha value is -1.22. The van der Waals surface area contributed by atoms with Crippen LogP contribution < -0.4 is 0 Å². The van der Waals surface area contributed by atoms with E-state index in [0.717, 1.165) is 25.7 Å². The Labute approximate surface area is 83.7 Å². The highest BCUT2D eigenvalue weighted by molar-refractivity contribution is 5.69. The molecule has 1 saturated carbocycles. The maximum Gasteiger partial charge on any atom is 0.306 e. The summed E-state index contributed by atoms with van der Waals surface area (Å²) in [7, 11) is 0. The summed E-state index contributed by atoms with van der Waals surface area (Å²) in [6, 6.07) is 0. The summed E-state index contributed by atoms with van der Waals surface area (Å²) in [6.45, 7) is 0.517. The monoisotopic (exact) mass is 199 g/mol. The van der Waals surface area contributed by atoms with Crippen molar-refractivity contribution in [3.63, 3.8) is 0 Å². The van der Waals surface area contributed by atoms with Crippen molar-refractivity contribution in [2.24, 2.45) is 17.0 Å². The molecule has 14 heavy (non-hydrogen) atoms. The van der Waals surface area contributed by atoms with E-state index in [1.807, 2.05) is 0 Å². The van der Waals surface area contributed by atoms with Gasteiger partial charge in [0, 0.05) is 11.5 Å². The van der Waals surface area contributed by atoms with Crippen LogP contribution in [0.5, 0.6) is 0 Å². The van der Waals surface area contributed by atoms with Gasteiger partial charge in [0.25, 0.3) is 0 Å². The zero-order valence-corrected chi connectivity index (χ0v) is 7.39. The van der Waals surface area contributed by atoms with Crippen LogP contribution >= 0.6 is 0 Å². The molecule has 1 fully saturated rings. The van der Waals surface area contributed by atoms with Crippen molar-refractivity contribution in [1.29, 1.82) is 0 Å². The molecule has 0 aliphatic heterocycles. The molecule has 1 N–H and O–H groups in total. The van der Waals surface area contributed by atoms with E-state index in [4.69, 9.17) is 10.6 Å². The summed E-state index contributed by atoms with van der Waals surface area (Å²) in [4.78, 5) is 13.3. The van der Waals surface area contributed by atoms with E-state index < -0.39 is 5.97 Å². The van der Waals surface area contributed by atoms with Crippen LogP contribution in [0, 0.1) is 11.8 Å². The number of rotatable bonds is 3. The van der Waals surface area contributed by atoms with Crippen molar-refractivity contribution in [2.75, 3.05) is 6.54 Å². The van der Waals surface area contributed by atoms with Gasteiger partial charge in [0.15, 0.2) is 0 Å². The van der Waals surface area contributed by atoms with Crippen LogP contribution in [0.4, 0.5) is 0 Å². The predicted molar refractivity (Wildman–Crippen MR) is 53.8 cm³/mol. The second-order valence-corrected chi connectivity index (χ2v) is 3.47. The highest BCUT2D eigenvalue weighted by atomic mass is 16.4. The van der Waals surface area contributed by atoms with E-state index in [1.54, 1.807) is 0 Å². The molecule has 1 aliphatic rings. The summed E-state index contributed by atoms with van der Waals surface area (Å²) in [5.74, 6) is -0.476. The van der Waals surface area contributed by atoms with Crippen molar-refractivity contribution < 1.29 is 9.90 Å². The van der Waals surface area contributed by atoms with Crippen molar-refractivity contribution in [3.05, 3.63) is 10.4 Å². The Balaban J connectivity index is 0.00000169. The van der Waals surface area contributed by atoms with Crippen LogP contribution in [-0.4, -0.2) is 17.6 Å². The lowest BCUT2D eigenvalue weighted by atomic mass is 9.82. The zero-order valence-electron chi connectivity index (χ0n) is 7.39. The Kier molecular flexibility index (Phi) is 5.72. The molecule has 1 aliphatic carbocycles. The fourth-order valence-electron chi connectivity index (χ4n) is 1.74. The first-order valence-electron chi connectivity index (χ1n) is 4.47. The molecule has 5 nitrogen and oxygen atoms in total. The van der Waals surface area contributed by atoms with Crippen LogP contribution in [0.1, 0.15) is 33.1 Å². The van der Waals surface area contributed by atoms with Crippen LogP contribution in [0.2, 0.25) is 0 Å². The van der Waals surface area contributed by atoms with Gasteiger partial charge >= 0.3 is 5.97 Å². The highest BCUT2D eigenvalue weighted by Gasteiger charge is 2.25. The number of hydrogen-bond acceptors (Lipinski definition) is 2. The number of carboxylic acids is 1. The molecule has 5 heteroatoms. The molecule has 0 amide bonds. The standard InChI is InChI=1S/C8H13N3O2.CH4/c9-11-10-5-6-1-3-7(4-2-6)8(12)13;/h6-7H,1-5H2,(H,12,13);1H4. The SMILES string of the molecule is C.[N-]=[N+]=NCC1CCC(C(=O)O)CC1. The fourth-order valence-corrected chi connectivity index (χ4v) is 1.74.